The van der Waals surface area contributed by atoms with Crippen molar-refractivity contribution in [2.24, 2.45) is 0 Å². The summed E-state index contributed by atoms with van der Waals surface area (Å²) in [4.78, 5) is 11.8. The van der Waals surface area contributed by atoms with E-state index in [2.05, 4.69) is 131 Å². The molecule has 3 nitrogen and oxygen atoms in total. The number of benzene rings is 5. The highest BCUT2D eigenvalue weighted by Gasteiger charge is 2.10. The number of carboxylic acid groups (broad SMARTS) is 1. The van der Waals surface area contributed by atoms with Crippen LogP contribution in [-0.4, -0.2) is 23.4 Å². The van der Waals surface area contributed by atoms with Gasteiger partial charge in [-0.15, -0.1) is 11.8 Å². The van der Waals surface area contributed by atoms with Crippen molar-refractivity contribution < 1.29 is 14.6 Å². The van der Waals surface area contributed by atoms with Crippen molar-refractivity contribution in [1.29, 1.82) is 0 Å². The highest BCUT2D eigenvalue weighted by Crippen LogP contribution is 2.33. The third-order valence-electron chi connectivity index (χ3n) is 8.01. The second kappa shape index (κ2) is 15.4. The van der Waals surface area contributed by atoms with Crippen LogP contribution in [0.3, 0.4) is 0 Å². The van der Waals surface area contributed by atoms with E-state index in [1.54, 1.807) is 17.8 Å². The molecule has 0 bridgehead atoms. The minimum absolute atomic E-state index is 0.363. The standard InChI is InChI=1S/C41H39ClO3S/c1-27(2)29-5-9-31(10-6-29)33-13-17-35(18-14-33)38(23-24-46-37-21-22-40(39(42)25-37)45-26-41(43)44)36-19-15-34(16-20-36)32-11-7-30(8-12-32)28(3)4/h5-23,25,27-28H,24,26H2,1-4H3,(H,43,44). The van der Waals surface area contributed by atoms with Crippen LogP contribution in [0.25, 0.3) is 27.8 Å². The van der Waals surface area contributed by atoms with E-state index in [0.717, 1.165) is 27.3 Å². The summed E-state index contributed by atoms with van der Waals surface area (Å²) in [6, 6.07) is 40.7. The molecule has 0 aliphatic carbocycles. The van der Waals surface area contributed by atoms with Gasteiger partial charge >= 0.3 is 5.97 Å². The number of aliphatic carboxylic acids is 1. The van der Waals surface area contributed by atoms with E-state index in [0.29, 0.717) is 22.6 Å². The van der Waals surface area contributed by atoms with Gasteiger partial charge in [-0.2, -0.15) is 0 Å². The number of halogens is 1. The summed E-state index contributed by atoms with van der Waals surface area (Å²) in [5.41, 5.74) is 10.9. The van der Waals surface area contributed by atoms with Gasteiger partial charge < -0.3 is 9.84 Å². The Kier molecular flexibility index (Phi) is 11.1. The summed E-state index contributed by atoms with van der Waals surface area (Å²) in [6.45, 7) is 8.43. The van der Waals surface area contributed by atoms with Crippen LogP contribution in [0.5, 0.6) is 5.75 Å². The number of rotatable bonds is 12. The zero-order valence-corrected chi connectivity index (χ0v) is 28.2. The molecule has 5 aromatic rings. The van der Waals surface area contributed by atoms with Crippen molar-refractivity contribution >= 4 is 34.9 Å². The molecule has 234 valence electrons. The highest BCUT2D eigenvalue weighted by molar-refractivity contribution is 7.99. The van der Waals surface area contributed by atoms with Crippen LogP contribution in [0.15, 0.2) is 126 Å². The SMILES string of the molecule is CC(C)c1ccc(-c2ccc(C(=CCSc3ccc(OCC(=O)O)c(Cl)c3)c3ccc(-c4ccc(C(C)C)cc4)cc3)cc2)cc1. The molecule has 5 rings (SSSR count). The van der Waals surface area contributed by atoms with E-state index in [-0.39, 0.29) is 0 Å². The van der Waals surface area contributed by atoms with Crippen LogP contribution >= 0.6 is 23.4 Å². The molecule has 1 N–H and O–H groups in total. The van der Waals surface area contributed by atoms with Gasteiger partial charge in [0.25, 0.3) is 0 Å². The summed E-state index contributed by atoms with van der Waals surface area (Å²) in [7, 11) is 0. The fourth-order valence-electron chi connectivity index (χ4n) is 5.26. The number of carbonyl (C=O) groups is 1. The molecule has 0 amide bonds. The Bertz CT molecular complexity index is 1690. The Balaban J connectivity index is 1.40. The molecule has 0 unspecified atom stereocenters. The van der Waals surface area contributed by atoms with Crippen molar-refractivity contribution in [3.8, 4) is 28.0 Å². The third-order valence-corrected chi connectivity index (χ3v) is 9.22. The molecule has 0 radical (unpaired) electrons. The Labute approximate surface area is 281 Å². The van der Waals surface area contributed by atoms with Gasteiger partial charge in [-0.05, 0) is 80.1 Å². The maximum absolute atomic E-state index is 10.9. The van der Waals surface area contributed by atoms with Crippen molar-refractivity contribution in [3.63, 3.8) is 0 Å². The van der Waals surface area contributed by atoms with Crippen LogP contribution in [0, 0.1) is 0 Å². The first kappa shape index (κ1) is 33.1. The molecule has 0 spiro atoms. The Morgan fingerprint density at radius 3 is 1.52 bits per heavy atom. The topological polar surface area (TPSA) is 46.5 Å². The number of hydrogen-bond acceptors (Lipinski definition) is 3. The fourth-order valence-corrected chi connectivity index (χ4v) is 6.36. The number of thioether (sulfide) groups is 1. The predicted octanol–water partition coefficient (Wildman–Crippen LogP) is 11.6. The smallest absolute Gasteiger partial charge is 0.341 e. The van der Waals surface area contributed by atoms with Gasteiger partial charge in [0, 0.05) is 10.6 Å². The number of ether oxygens (including phenoxy) is 1. The van der Waals surface area contributed by atoms with Gasteiger partial charge in [-0.3, -0.25) is 0 Å². The Hall–Kier alpha value is -4.25. The third kappa shape index (κ3) is 8.51. The quantitative estimate of drug-likeness (QED) is 0.137. The van der Waals surface area contributed by atoms with Crippen LogP contribution in [-0.2, 0) is 4.79 Å². The minimum atomic E-state index is -1.04. The fraction of sp³-hybridized carbons (Fsp3) is 0.195. The van der Waals surface area contributed by atoms with E-state index in [4.69, 9.17) is 21.4 Å². The molecule has 0 aromatic heterocycles. The highest BCUT2D eigenvalue weighted by atomic mass is 35.5. The maximum atomic E-state index is 10.9. The van der Waals surface area contributed by atoms with Gasteiger partial charge in [-0.1, -0.05) is 142 Å². The normalized spacial score (nSPS) is 11.1. The number of carboxylic acids is 1. The summed E-state index contributed by atoms with van der Waals surface area (Å²) in [5.74, 6) is 1.06. The summed E-state index contributed by atoms with van der Waals surface area (Å²) < 4.78 is 5.27. The average Bonchev–Trinajstić information content (AvgIpc) is 3.06. The predicted molar refractivity (Wildman–Crippen MR) is 194 cm³/mol. The average molecular weight is 647 g/mol. The molecule has 46 heavy (non-hydrogen) atoms. The largest absolute Gasteiger partial charge is 0.480 e. The monoisotopic (exact) mass is 646 g/mol. The molecule has 5 aromatic carbocycles. The Morgan fingerprint density at radius 1 is 0.696 bits per heavy atom. The summed E-state index contributed by atoms with van der Waals surface area (Å²) in [6.07, 6.45) is 2.26. The minimum Gasteiger partial charge on any atom is -0.480 e. The van der Waals surface area contributed by atoms with Gasteiger partial charge in [0.1, 0.15) is 5.75 Å². The molecule has 0 aliphatic heterocycles. The molecule has 0 aliphatic rings. The van der Waals surface area contributed by atoms with Gasteiger partial charge in [0.2, 0.25) is 0 Å². The Morgan fingerprint density at radius 2 is 1.13 bits per heavy atom. The van der Waals surface area contributed by atoms with Gasteiger partial charge in [-0.25, -0.2) is 4.79 Å². The van der Waals surface area contributed by atoms with Crippen LogP contribution in [0.4, 0.5) is 0 Å². The van der Waals surface area contributed by atoms with Gasteiger partial charge in [0.05, 0.1) is 5.02 Å². The maximum Gasteiger partial charge on any atom is 0.341 e. The molecule has 0 fully saturated rings. The van der Waals surface area contributed by atoms with Crippen LogP contribution < -0.4 is 4.74 Å². The van der Waals surface area contributed by atoms with Crippen molar-refractivity contribution in [2.45, 2.75) is 44.4 Å². The zero-order valence-electron chi connectivity index (χ0n) is 26.7. The lowest BCUT2D eigenvalue weighted by Crippen LogP contribution is -2.09. The second-order valence-corrected chi connectivity index (χ2v) is 13.4. The van der Waals surface area contributed by atoms with Crippen molar-refractivity contribution in [2.75, 3.05) is 12.4 Å². The first-order chi connectivity index (χ1) is 22.2. The zero-order chi connectivity index (χ0) is 32.6. The van der Waals surface area contributed by atoms with E-state index in [9.17, 15) is 4.79 Å². The summed E-state index contributed by atoms with van der Waals surface area (Å²) >= 11 is 8.04. The van der Waals surface area contributed by atoms with E-state index in [1.807, 2.05) is 12.1 Å². The van der Waals surface area contributed by atoms with Crippen LogP contribution in [0.2, 0.25) is 5.02 Å². The molecule has 0 atom stereocenters. The van der Waals surface area contributed by atoms with Gasteiger partial charge in [0.15, 0.2) is 6.61 Å². The van der Waals surface area contributed by atoms with E-state index >= 15 is 0 Å². The lowest BCUT2D eigenvalue weighted by atomic mass is 9.93. The molecular formula is C41H39ClO3S. The molecule has 0 saturated carbocycles. The summed E-state index contributed by atoms with van der Waals surface area (Å²) in [5, 5.41) is 9.29. The lowest BCUT2D eigenvalue weighted by Gasteiger charge is -2.13. The lowest BCUT2D eigenvalue weighted by molar-refractivity contribution is -0.139. The van der Waals surface area contributed by atoms with E-state index in [1.165, 1.54) is 33.4 Å². The first-order valence-electron chi connectivity index (χ1n) is 15.6. The number of hydrogen-bond donors (Lipinski definition) is 1. The molecule has 0 heterocycles. The second-order valence-electron chi connectivity index (χ2n) is 11.9. The van der Waals surface area contributed by atoms with Crippen molar-refractivity contribution in [3.05, 3.63) is 149 Å². The first-order valence-corrected chi connectivity index (χ1v) is 16.9. The van der Waals surface area contributed by atoms with Crippen molar-refractivity contribution in [1.82, 2.24) is 0 Å². The molecular weight excluding hydrogens is 608 g/mol. The molecule has 0 saturated heterocycles. The molecule has 5 heteroatoms. The van der Waals surface area contributed by atoms with Crippen LogP contribution in [0.1, 0.15) is 61.8 Å². The van der Waals surface area contributed by atoms with E-state index < -0.39 is 12.6 Å².